The molecule has 0 aliphatic heterocycles. The minimum Gasteiger partial charge on any atom is -0.369 e. The van der Waals surface area contributed by atoms with E-state index in [1.54, 1.807) is 65.0 Å². The van der Waals surface area contributed by atoms with Gasteiger partial charge in [-0.05, 0) is 83.9 Å². The number of nitrogens with two attached hydrogens (primary N) is 3. The molecule has 2 amide bonds. The molecule has 2 aromatic rings. The van der Waals surface area contributed by atoms with E-state index in [1.165, 1.54) is 0 Å². The van der Waals surface area contributed by atoms with Gasteiger partial charge in [0, 0.05) is 46.5 Å². The molecular formula is C35H53N17O2. The minimum absolute atomic E-state index is 0.130. The SMILES string of the molecule is CC(=N)N/N=C(\C)c1cc(NC(=O)CCCCCCCCC(=O)Nc2cc(/C(C)=N/NC(=N)N)cc(/C(C)=N/NC(=N)N)c2)cc(/C(C)=N/NC(=N)N)c1. The smallest absolute Gasteiger partial charge is 0.224 e. The van der Waals surface area contributed by atoms with Crippen molar-refractivity contribution >= 4 is 69.8 Å². The predicted molar refractivity (Wildman–Crippen MR) is 218 cm³/mol. The maximum atomic E-state index is 12.8. The molecule has 2 rings (SSSR count). The summed E-state index contributed by atoms with van der Waals surface area (Å²) in [5, 5.41) is 52.0. The van der Waals surface area contributed by atoms with E-state index in [0.717, 1.165) is 25.7 Å². The van der Waals surface area contributed by atoms with Crippen LogP contribution in [0.1, 0.15) is 108 Å². The Morgan fingerprint density at radius 2 is 0.759 bits per heavy atom. The van der Waals surface area contributed by atoms with Gasteiger partial charge >= 0.3 is 0 Å². The third kappa shape index (κ3) is 17.0. The Labute approximate surface area is 315 Å². The van der Waals surface area contributed by atoms with Gasteiger partial charge in [-0.2, -0.15) is 20.4 Å². The first kappa shape index (κ1) is 43.5. The van der Waals surface area contributed by atoms with E-state index in [4.69, 9.17) is 38.8 Å². The van der Waals surface area contributed by atoms with Gasteiger partial charge in [0.1, 0.15) is 5.84 Å². The summed E-state index contributed by atoms with van der Waals surface area (Å²) >= 11 is 0. The highest BCUT2D eigenvalue weighted by Crippen LogP contribution is 2.20. The Bertz CT molecular complexity index is 1600. The van der Waals surface area contributed by atoms with Crippen molar-refractivity contribution in [2.45, 2.75) is 86.0 Å². The molecule has 0 unspecified atom stereocenters. The van der Waals surface area contributed by atoms with Gasteiger partial charge in [0.25, 0.3) is 0 Å². The first-order valence-electron chi connectivity index (χ1n) is 17.2. The zero-order valence-corrected chi connectivity index (χ0v) is 31.5. The molecule has 0 bridgehead atoms. The summed E-state index contributed by atoms with van der Waals surface area (Å²) in [6.45, 7) is 8.58. The number of guanidine groups is 3. The van der Waals surface area contributed by atoms with E-state index in [2.05, 4.69) is 52.7 Å². The molecule has 19 heteroatoms. The number of nitrogens with one attached hydrogen (secondary N) is 10. The van der Waals surface area contributed by atoms with Gasteiger partial charge in [-0.3, -0.25) is 36.7 Å². The zero-order chi connectivity index (χ0) is 40.2. The van der Waals surface area contributed by atoms with E-state index >= 15 is 0 Å². The maximum Gasteiger partial charge on any atom is 0.224 e. The molecule has 0 saturated heterocycles. The number of amides is 2. The van der Waals surface area contributed by atoms with Gasteiger partial charge in [-0.25, -0.2) is 16.3 Å². The second kappa shape index (κ2) is 22.3. The highest BCUT2D eigenvalue weighted by atomic mass is 16.2. The average molecular weight is 744 g/mol. The van der Waals surface area contributed by atoms with Crippen LogP contribution < -0.4 is 49.5 Å². The number of rotatable bonds is 19. The van der Waals surface area contributed by atoms with E-state index in [1.807, 2.05) is 6.07 Å². The lowest BCUT2D eigenvalue weighted by Crippen LogP contribution is -2.27. The number of benzene rings is 2. The number of anilines is 2. The number of hydrazone groups is 4. The molecule has 19 nitrogen and oxygen atoms in total. The van der Waals surface area contributed by atoms with Gasteiger partial charge in [0.05, 0.1) is 22.8 Å². The van der Waals surface area contributed by atoms with Crippen molar-refractivity contribution in [2.75, 3.05) is 10.6 Å². The molecule has 0 aliphatic carbocycles. The first-order chi connectivity index (χ1) is 25.5. The summed E-state index contributed by atoms with van der Waals surface area (Å²) in [6.07, 6.45) is 5.65. The molecule has 0 fully saturated rings. The number of carbonyl (C=O) groups excluding carboxylic acids is 2. The van der Waals surface area contributed by atoms with Crippen molar-refractivity contribution in [3.8, 4) is 0 Å². The second-order valence-electron chi connectivity index (χ2n) is 12.4. The van der Waals surface area contributed by atoms with Crippen LogP contribution in [-0.4, -0.2) is 58.4 Å². The van der Waals surface area contributed by atoms with Crippen molar-refractivity contribution in [1.82, 2.24) is 21.7 Å². The molecule has 2 aromatic carbocycles. The van der Waals surface area contributed by atoms with Crippen LogP contribution in [0.5, 0.6) is 0 Å². The fourth-order valence-electron chi connectivity index (χ4n) is 4.82. The monoisotopic (exact) mass is 743 g/mol. The Balaban J connectivity index is 1.89. The Kier molecular flexibility index (Phi) is 18.0. The average Bonchev–Trinajstić information content (AvgIpc) is 3.11. The van der Waals surface area contributed by atoms with E-state index in [0.29, 0.717) is 82.2 Å². The fourth-order valence-corrected chi connectivity index (χ4v) is 4.82. The van der Waals surface area contributed by atoms with Crippen molar-refractivity contribution in [2.24, 2.45) is 37.6 Å². The molecular weight excluding hydrogens is 691 g/mol. The number of amidine groups is 1. The van der Waals surface area contributed by atoms with Crippen LogP contribution in [0.3, 0.4) is 0 Å². The van der Waals surface area contributed by atoms with Crippen molar-refractivity contribution in [1.29, 1.82) is 21.6 Å². The number of unbranched alkanes of at least 4 members (excludes halogenated alkanes) is 5. The van der Waals surface area contributed by atoms with Crippen molar-refractivity contribution < 1.29 is 9.59 Å². The van der Waals surface area contributed by atoms with Crippen LogP contribution >= 0.6 is 0 Å². The summed E-state index contributed by atoms with van der Waals surface area (Å²) in [5.74, 6) is -1.01. The highest BCUT2D eigenvalue weighted by Gasteiger charge is 2.12. The summed E-state index contributed by atoms with van der Waals surface area (Å²) in [4.78, 5) is 25.7. The van der Waals surface area contributed by atoms with E-state index < -0.39 is 0 Å². The predicted octanol–water partition coefficient (Wildman–Crippen LogP) is 3.32. The Morgan fingerprint density at radius 3 is 1.04 bits per heavy atom. The molecule has 0 aromatic heterocycles. The molecule has 54 heavy (non-hydrogen) atoms. The lowest BCUT2D eigenvalue weighted by Gasteiger charge is -2.12. The normalized spacial score (nSPS) is 12.0. The molecule has 0 spiro atoms. The topological polar surface area (TPSA) is 329 Å². The molecule has 0 saturated carbocycles. The number of nitrogens with zero attached hydrogens (tertiary/aromatic N) is 4. The van der Waals surface area contributed by atoms with Gasteiger partial charge in [-0.15, -0.1) is 0 Å². The zero-order valence-electron chi connectivity index (χ0n) is 31.5. The fraction of sp³-hybridized carbons (Fsp3) is 0.371. The molecule has 290 valence electrons. The first-order valence-corrected chi connectivity index (χ1v) is 17.2. The Hall–Kier alpha value is -6.66. The quantitative estimate of drug-likeness (QED) is 0.0434. The third-order valence-corrected chi connectivity index (χ3v) is 7.59. The number of carbonyl (C=O) groups is 2. The number of hydrogen-bond acceptors (Lipinski definition) is 10. The lowest BCUT2D eigenvalue weighted by molar-refractivity contribution is -0.117. The van der Waals surface area contributed by atoms with E-state index in [-0.39, 0.29) is 35.5 Å². The summed E-state index contributed by atoms with van der Waals surface area (Å²) in [5.41, 5.74) is 32.0. The van der Waals surface area contributed by atoms with Gasteiger partial charge < -0.3 is 27.8 Å². The molecule has 0 heterocycles. The van der Waals surface area contributed by atoms with Crippen molar-refractivity contribution in [3.63, 3.8) is 0 Å². The summed E-state index contributed by atoms with van der Waals surface area (Å²) in [6, 6.07) is 10.7. The van der Waals surface area contributed by atoms with Crippen molar-refractivity contribution in [3.05, 3.63) is 58.7 Å². The third-order valence-electron chi connectivity index (χ3n) is 7.59. The lowest BCUT2D eigenvalue weighted by atomic mass is 10.0. The summed E-state index contributed by atoms with van der Waals surface area (Å²) in [7, 11) is 0. The molecule has 16 N–H and O–H groups in total. The van der Waals surface area contributed by atoms with E-state index in [9.17, 15) is 9.59 Å². The van der Waals surface area contributed by atoms with Crippen LogP contribution in [0.4, 0.5) is 11.4 Å². The van der Waals surface area contributed by atoms with Crippen LogP contribution in [0.25, 0.3) is 0 Å². The van der Waals surface area contributed by atoms with Crippen LogP contribution in [-0.2, 0) is 9.59 Å². The van der Waals surface area contributed by atoms with Gasteiger partial charge in [0.15, 0.2) is 0 Å². The van der Waals surface area contributed by atoms with Crippen LogP contribution in [0.2, 0.25) is 0 Å². The van der Waals surface area contributed by atoms with Crippen LogP contribution in [0.15, 0.2) is 56.8 Å². The van der Waals surface area contributed by atoms with Gasteiger partial charge in [-0.1, -0.05) is 25.7 Å². The maximum absolute atomic E-state index is 12.8. The summed E-state index contributed by atoms with van der Waals surface area (Å²) < 4.78 is 0. The molecule has 0 aliphatic rings. The molecule has 0 atom stereocenters. The Morgan fingerprint density at radius 1 is 0.481 bits per heavy atom. The van der Waals surface area contributed by atoms with Crippen LogP contribution in [0, 0.1) is 21.6 Å². The van der Waals surface area contributed by atoms with Gasteiger partial charge in [0.2, 0.25) is 29.7 Å². The highest BCUT2D eigenvalue weighted by molar-refractivity contribution is 6.07. The number of hydrogen-bond donors (Lipinski definition) is 13. The minimum atomic E-state index is -0.311. The standard InChI is InChI=1S/C35H53N17O2/c1-20(45-49-24(5)36)25-14-26(21(2)46-50-33(37)38)17-29(16-25)43-31(53)12-10-8-6-7-9-11-13-32(54)44-30-18-27(22(3)47-51-34(39)40)15-28(19-30)23(4)48-52-35(41)42/h14-19H,6-13H2,1-5H3,(H2,36,49)(H,43,53)(H,44,54)(H4,37,38,50)(H4,39,40,51)(H4,41,42,52)/b45-20+,46-21+,47-22+,48-23+. The second-order valence-corrected chi connectivity index (χ2v) is 12.4. The molecule has 0 radical (unpaired) electrons. The largest absolute Gasteiger partial charge is 0.369 e.